The number of nitrogens with zero attached hydrogens (tertiary/aromatic N) is 1. The number of hydrogen-bond donors (Lipinski definition) is 1. The molecular weight excluding hydrogens is 400 g/mol. The van der Waals surface area contributed by atoms with Crippen molar-refractivity contribution in [1.82, 2.24) is 4.31 Å². The lowest BCUT2D eigenvalue weighted by atomic mass is 10.1. The average molecular weight is 426 g/mol. The standard InChI is InChI=1S/C20H25ClN2O4S/c1-3-27-20-14-16(4-9-19(20)26-2)15-22-10-12-23(13-11-22)28(24,25)18-7-5-17(21)6-8-18/h4-9,14H,3,10-13,15H2,1-2H3/p+1. The van der Waals surface area contributed by atoms with Crippen molar-refractivity contribution in [1.29, 1.82) is 0 Å². The SMILES string of the molecule is CCOc1cc(C[NH+]2CCN(S(=O)(=O)c3ccc(Cl)cc3)CC2)ccc1OC. The summed E-state index contributed by atoms with van der Waals surface area (Å²) in [5.74, 6) is 1.46. The number of rotatable bonds is 7. The second kappa shape index (κ2) is 9.13. The van der Waals surface area contributed by atoms with Gasteiger partial charge in [0, 0.05) is 10.6 Å². The number of nitrogens with one attached hydrogen (secondary N) is 1. The normalized spacial score (nSPS) is 16.1. The number of methoxy groups -OCH3 is 1. The third-order valence-corrected chi connectivity index (χ3v) is 7.03. The first-order valence-corrected chi connectivity index (χ1v) is 11.1. The van der Waals surface area contributed by atoms with Crippen LogP contribution >= 0.6 is 11.6 Å². The Morgan fingerprint density at radius 1 is 1.07 bits per heavy atom. The van der Waals surface area contributed by atoms with Gasteiger partial charge < -0.3 is 14.4 Å². The molecule has 28 heavy (non-hydrogen) atoms. The summed E-state index contributed by atoms with van der Waals surface area (Å²) in [5, 5.41) is 0.527. The highest BCUT2D eigenvalue weighted by molar-refractivity contribution is 7.89. The molecular formula is C20H26ClN2O4S+. The van der Waals surface area contributed by atoms with Gasteiger partial charge >= 0.3 is 0 Å². The third-order valence-electron chi connectivity index (χ3n) is 4.86. The molecule has 1 aliphatic rings. The van der Waals surface area contributed by atoms with E-state index in [4.69, 9.17) is 21.1 Å². The van der Waals surface area contributed by atoms with Gasteiger partial charge in [-0.3, -0.25) is 0 Å². The molecule has 3 rings (SSSR count). The van der Waals surface area contributed by atoms with Crippen molar-refractivity contribution < 1.29 is 22.8 Å². The second-order valence-electron chi connectivity index (χ2n) is 6.70. The molecule has 6 nitrogen and oxygen atoms in total. The molecule has 1 fully saturated rings. The van der Waals surface area contributed by atoms with Gasteiger partial charge in [-0.05, 0) is 49.4 Å². The summed E-state index contributed by atoms with van der Waals surface area (Å²) < 4.78 is 38.1. The molecule has 8 heteroatoms. The minimum Gasteiger partial charge on any atom is -0.493 e. The van der Waals surface area contributed by atoms with Crippen molar-refractivity contribution in [3.8, 4) is 11.5 Å². The molecule has 1 N–H and O–H groups in total. The van der Waals surface area contributed by atoms with Gasteiger partial charge in [0.15, 0.2) is 11.5 Å². The fraction of sp³-hybridized carbons (Fsp3) is 0.400. The van der Waals surface area contributed by atoms with Crippen LogP contribution in [0.2, 0.25) is 5.02 Å². The molecule has 0 amide bonds. The predicted octanol–water partition coefficient (Wildman–Crippen LogP) is 1.84. The van der Waals surface area contributed by atoms with Gasteiger partial charge in [0.25, 0.3) is 0 Å². The molecule has 0 aliphatic carbocycles. The smallest absolute Gasteiger partial charge is 0.243 e. The molecule has 0 atom stereocenters. The van der Waals surface area contributed by atoms with Crippen LogP contribution in [0.15, 0.2) is 47.4 Å². The van der Waals surface area contributed by atoms with Crippen LogP contribution in [-0.4, -0.2) is 52.6 Å². The quantitative estimate of drug-likeness (QED) is 0.735. The monoisotopic (exact) mass is 425 g/mol. The van der Waals surface area contributed by atoms with Gasteiger partial charge in [0.05, 0.1) is 44.8 Å². The van der Waals surface area contributed by atoms with Gasteiger partial charge in [0.2, 0.25) is 10.0 Å². The molecule has 0 spiro atoms. The number of hydrogen-bond acceptors (Lipinski definition) is 4. The number of ether oxygens (including phenoxy) is 2. The summed E-state index contributed by atoms with van der Waals surface area (Å²) in [6.07, 6.45) is 0. The minimum atomic E-state index is -3.47. The highest BCUT2D eigenvalue weighted by atomic mass is 35.5. The van der Waals surface area contributed by atoms with Crippen molar-refractivity contribution in [2.45, 2.75) is 18.4 Å². The molecule has 2 aromatic rings. The molecule has 1 saturated heterocycles. The Labute approximate surface area is 171 Å². The van der Waals surface area contributed by atoms with Crippen LogP contribution in [0.4, 0.5) is 0 Å². The molecule has 152 valence electrons. The van der Waals surface area contributed by atoms with Gasteiger partial charge in [-0.2, -0.15) is 4.31 Å². The lowest BCUT2D eigenvalue weighted by Crippen LogP contribution is -3.13. The first-order chi connectivity index (χ1) is 13.4. The third kappa shape index (κ3) is 4.78. The number of halogens is 1. The van der Waals surface area contributed by atoms with E-state index in [-0.39, 0.29) is 4.90 Å². The lowest BCUT2D eigenvalue weighted by Gasteiger charge is -2.31. The Bertz CT molecular complexity index is 895. The molecule has 0 unspecified atom stereocenters. The summed E-state index contributed by atoms with van der Waals surface area (Å²) in [6.45, 7) is 5.83. The molecule has 0 aromatic heterocycles. The van der Waals surface area contributed by atoms with Crippen molar-refractivity contribution in [2.75, 3.05) is 39.9 Å². The lowest BCUT2D eigenvalue weighted by molar-refractivity contribution is -0.917. The van der Waals surface area contributed by atoms with E-state index < -0.39 is 10.0 Å². The number of piperazine rings is 1. The second-order valence-corrected chi connectivity index (χ2v) is 9.08. The van der Waals surface area contributed by atoms with Crippen molar-refractivity contribution in [2.24, 2.45) is 0 Å². The Hall–Kier alpha value is -1.80. The topological polar surface area (TPSA) is 60.3 Å². The number of quaternary nitrogens is 1. The van der Waals surface area contributed by atoms with Crippen LogP contribution < -0.4 is 14.4 Å². The summed E-state index contributed by atoms with van der Waals surface area (Å²) in [5.41, 5.74) is 1.15. The van der Waals surface area contributed by atoms with Crippen LogP contribution in [0.5, 0.6) is 11.5 Å². The maximum atomic E-state index is 12.8. The molecule has 1 heterocycles. The van der Waals surface area contributed by atoms with Crippen LogP contribution in [0.3, 0.4) is 0 Å². The van der Waals surface area contributed by atoms with Crippen molar-refractivity contribution >= 4 is 21.6 Å². The van der Waals surface area contributed by atoms with E-state index in [2.05, 4.69) is 0 Å². The van der Waals surface area contributed by atoms with E-state index in [9.17, 15) is 8.42 Å². The zero-order chi connectivity index (χ0) is 20.1. The summed E-state index contributed by atoms with van der Waals surface area (Å²) in [7, 11) is -1.85. The van der Waals surface area contributed by atoms with E-state index in [1.807, 2.05) is 25.1 Å². The Morgan fingerprint density at radius 3 is 2.36 bits per heavy atom. The van der Waals surface area contributed by atoms with E-state index in [1.54, 1.807) is 35.7 Å². The average Bonchev–Trinajstić information content (AvgIpc) is 2.69. The highest BCUT2D eigenvalue weighted by Gasteiger charge is 2.30. The van der Waals surface area contributed by atoms with E-state index >= 15 is 0 Å². The number of sulfonamides is 1. The van der Waals surface area contributed by atoms with Gasteiger partial charge in [-0.25, -0.2) is 8.42 Å². The van der Waals surface area contributed by atoms with Gasteiger partial charge in [0.1, 0.15) is 6.54 Å². The fourth-order valence-electron chi connectivity index (χ4n) is 3.36. The molecule has 2 aromatic carbocycles. The van der Waals surface area contributed by atoms with E-state index in [0.717, 1.165) is 36.7 Å². The maximum absolute atomic E-state index is 12.8. The Morgan fingerprint density at radius 2 is 1.75 bits per heavy atom. The fourth-order valence-corrected chi connectivity index (χ4v) is 4.93. The molecule has 0 saturated carbocycles. The zero-order valence-electron chi connectivity index (χ0n) is 16.2. The van der Waals surface area contributed by atoms with Crippen LogP contribution in [0.25, 0.3) is 0 Å². The predicted molar refractivity (Wildman–Crippen MR) is 109 cm³/mol. The minimum absolute atomic E-state index is 0.289. The molecule has 1 aliphatic heterocycles. The van der Waals surface area contributed by atoms with Gasteiger partial charge in [-0.15, -0.1) is 0 Å². The molecule has 0 bridgehead atoms. The van der Waals surface area contributed by atoms with E-state index in [0.29, 0.717) is 24.7 Å². The molecule has 0 radical (unpaired) electrons. The summed E-state index contributed by atoms with van der Waals surface area (Å²) in [4.78, 5) is 1.63. The first kappa shape index (κ1) is 20.9. The van der Waals surface area contributed by atoms with Crippen molar-refractivity contribution in [3.63, 3.8) is 0 Å². The number of benzene rings is 2. The Balaban J connectivity index is 1.62. The summed E-state index contributed by atoms with van der Waals surface area (Å²) in [6, 6.07) is 12.3. The summed E-state index contributed by atoms with van der Waals surface area (Å²) >= 11 is 5.87. The largest absolute Gasteiger partial charge is 0.493 e. The van der Waals surface area contributed by atoms with Crippen LogP contribution in [0.1, 0.15) is 12.5 Å². The van der Waals surface area contributed by atoms with Crippen molar-refractivity contribution in [3.05, 3.63) is 53.1 Å². The highest BCUT2D eigenvalue weighted by Crippen LogP contribution is 2.27. The maximum Gasteiger partial charge on any atom is 0.243 e. The van der Waals surface area contributed by atoms with Crippen LogP contribution in [-0.2, 0) is 16.6 Å². The van der Waals surface area contributed by atoms with E-state index in [1.165, 1.54) is 4.90 Å². The van der Waals surface area contributed by atoms with Crippen LogP contribution in [0, 0.1) is 0 Å². The Kier molecular flexibility index (Phi) is 6.82. The zero-order valence-corrected chi connectivity index (χ0v) is 17.7. The first-order valence-electron chi connectivity index (χ1n) is 9.33. The van der Waals surface area contributed by atoms with Gasteiger partial charge in [-0.1, -0.05) is 11.6 Å².